The van der Waals surface area contributed by atoms with Crippen LogP contribution in [0.3, 0.4) is 0 Å². The second-order valence-electron chi connectivity index (χ2n) is 7.19. The number of halogens is 3. The lowest BCUT2D eigenvalue weighted by molar-refractivity contribution is -0.154. The number of hydrogen-bond acceptors (Lipinski definition) is 4. The third-order valence-electron chi connectivity index (χ3n) is 4.76. The van der Waals surface area contributed by atoms with Crippen molar-refractivity contribution in [3.05, 3.63) is 53.2 Å². The van der Waals surface area contributed by atoms with E-state index in [0.29, 0.717) is 35.3 Å². The Kier molecular flexibility index (Phi) is 6.28. The second kappa shape index (κ2) is 8.73. The van der Waals surface area contributed by atoms with E-state index in [1.165, 1.54) is 6.20 Å². The SMILES string of the molecule is Cc1cc(C(C)NC(=O)c2cccc(N3CCCC3=O)c2)cnc1OCC(F)(F)F. The molecule has 1 saturated heterocycles. The topological polar surface area (TPSA) is 71.5 Å². The third-order valence-corrected chi connectivity index (χ3v) is 4.76. The molecule has 0 spiro atoms. The van der Waals surface area contributed by atoms with Gasteiger partial charge in [-0.3, -0.25) is 9.59 Å². The standard InChI is InChI=1S/C21H22F3N3O3/c1-13-9-16(11-25-20(13)30-12-21(22,23)24)14(2)26-19(29)15-5-3-6-17(10-15)27-8-4-7-18(27)28/h3,5-6,9-11,14H,4,7-8,12H2,1-2H3,(H,26,29). The number of nitrogens with zero attached hydrogens (tertiary/aromatic N) is 2. The van der Waals surface area contributed by atoms with Gasteiger partial charge in [0.1, 0.15) is 0 Å². The molecule has 1 N–H and O–H groups in total. The number of pyridine rings is 1. The van der Waals surface area contributed by atoms with Crippen molar-refractivity contribution in [3.8, 4) is 5.88 Å². The molecule has 1 fully saturated rings. The minimum Gasteiger partial charge on any atom is -0.468 e. The molecule has 0 aliphatic carbocycles. The molecule has 1 unspecified atom stereocenters. The highest BCUT2D eigenvalue weighted by atomic mass is 19.4. The lowest BCUT2D eigenvalue weighted by Gasteiger charge is -2.18. The molecule has 9 heteroatoms. The number of carbonyl (C=O) groups is 2. The molecule has 1 aliphatic rings. The zero-order valence-electron chi connectivity index (χ0n) is 16.6. The van der Waals surface area contributed by atoms with Gasteiger partial charge in [-0.15, -0.1) is 0 Å². The summed E-state index contributed by atoms with van der Waals surface area (Å²) >= 11 is 0. The average Bonchev–Trinajstić information content (AvgIpc) is 3.12. The van der Waals surface area contributed by atoms with Crippen molar-refractivity contribution in [1.82, 2.24) is 10.3 Å². The minimum atomic E-state index is -4.44. The van der Waals surface area contributed by atoms with Gasteiger partial charge < -0.3 is 15.0 Å². The smallest absolute Gasteiger partial charge is 0.422 e. The fraction of sp³-hybridized carbons (Fsp3) is 0.381. The molecular formula is C21H22F3N3O3. The fourth-order valence-electron chi connectivity index (χ4n) is 3.22. The Balaban J connectivity index is 1.67. The number of aromatic nitrogens is 1. The van der Waals surface area contributed by atoms with Crippen molar-refractivity contribution in [2.75, 3.05) is 18.1 Å². The first-order chi connectivity index (χ1) is 14.1. The number of rotatable bonds is 6. The quantitative estimate of drug-likeness (QED) is 0.767. The predicted octanol–water partition coefficient (Wildman–Crippen LogP) is 3.95. The number of amides is 2. The van der Waals surface area contributed by atoms with E-state index in [2.05, 4.69) is 10.3 Å². The maximum atomic E-state index is 12.7. The second-order valence-corrected chi connectivity index (χ2v) is 7.19. The van der Waals surface area contributed by atoms with Crippen molar-refractivity contribution in [3.63, 3.8) is 0 Å². The molecule has 2 aromatic rings. The van der Waals surface area contributed by atoms with E-state index in [0.717, 1.165) is 6.42 Å². The van der Waals surface area contributed by atoms with E-state index in [9.17, 15) is 22.8 Å². The van der Waals surface area contributed by atoms with E-state index < -0.39 is 18.8 Å². The van der Waals surface area contributed by atoms with Gasteiger partial charge in [0.15, 0.2) is 6.61 Å². The molecule has 30 heavy (non-hydrogen) atoms. The molecule has 0 saturated carbocycles. The van der Waals surface area contributed by atoms with Crippen molar-refractivity contribution < 1.29 is 27.5 Å². The van der Waals surface area contributed by atoms with Gasteiger partial charge >= 0.3 is 6.18 Å². The first-order valence-electron chi connectivity index (χ1n) is 9.51. The van der Waals surface area contributed by atoms with Crippen LogP contribution in [0.25, 0.3) is 0 Å². The Hall–Kier alpha value is -3.10. The number of ether oxygens (including phenoxy) is 1. The molecule has 0 bridgehead atoms. The van der Waals surface area contributed by atoms with E-state index in [1.807, 2.05) is 0 Å². The zero-order valence-corrected chi connectivity index (χ0v) is 16.6. The van der Waals surface area contributed by atoms with E-state index in [1.54, 1.807) is 49.1 Å². The number of carbonyl (C=O) groups excluding carboxylic acids is 2. The molecule has 1 aromatic heterocycles. The molecule has 1 atom stereocenters. The first-order valence-corrected chi connectivity index (χ1v) is 9.51. The summed E-state index contributed by atoms with van der Waals surface area (Å²) in [7, 11) is 0. The lowest BCUT2D eigenvalue weighted by atomic mass is 10.1. The van der Waals surface area contributed by atoms with Gasteiger partial charge in [0, 0.05) is 36.0 Å². The van der Waals surface area contributed by atoms with Crippen molar-refractivity contribution in [2.24, 2.45) is 0 Å². The van der Waals surface area contributed by atoms with Crippen molar-refractivity contribution in [1.29, 1.82) is 0 Å². The Morgan fingerprint density at radius 1 is 1.33 bits per heavy atom. The number of benzene rings is 1. The molecule has 3 rings (SSSR count). The van der Waals surface area contributed by atoms with Gasteiger partial charge in [0.05, 0.1) is 6.04 Å². The molecule has 1 aliphatic heterocycles. The van der Waals surface area contributed by atoms with Crippen molar-refractivity contribution >= 4 is 17.5 Å². The molecule has 1 aromatic carbocycles. The average molecular weight is 421 g/mol. The number of hydrogen-bond donors (Lipinski definition) is 1. The van der Waals surface area contributed by atoms with Crippen LogP contribution in [0.5, 0.6) is 5.88 Å². The van der Waals surface area contributed by atoms with Gasteiger partial charge in [-0.2, -0.15) is 13.2 Å². The van der Waals surface area contributed by atoms with E-state index >= 15 is 0 Å². The largest absolute Gasteiger partial charge is 0.468 e. The van der Waals surface area contributed by atoms with Crippen LogP contribution in [0, 0.1) is 6.92 Å². The van der Waals surface area contributed by atoms with Gasteiger partial charge in [-0.05, 0) is 50.1 Å². The van der Waals surface area contributed by atoms with Crippen LogP contribution >= 0.6 is 0 Å². The molecule has 160 valence electrons. The fourth-order valence-corrected chi connectivity index (χ4v) is 3.22. The highest BCUT2D eigenvalue weighted by Crippen LogP contribution is 2.24. The molecule has 6 nitrogen and oxygen atoms in total. The molecule has 2 heterocycles. The summed E-state index contributed by atoms with van der Waals surface area (Å²) in [5.41, 5.74) is 2.16. The summed E-state index contributed by atoms with van der Waals surface area (Å²) in [6.07, 6.45) is -1.77. The van der Waals surface area contributed by atoms with Crippen LogP contribution in [0.4, 0.5) is 18.9 Å². The summed E-state index contributed by atoms with van der Waals surface area (Å²) in [4.78, 5) is 30.2. The Bertz CT molecular complexity index is 947. The zero-order chi connectivity index (χ0) is 21.9. The highest BCUT2D eigenvalue weighted by molar-refractivity contribution is 5.99. The first kappa shape index (κ1) is 21.6. The van der Waals surface area contributed by atoms with E-state index in [-0.39, 0.29) is 17.7 Å². The summed E-state index contributed by atoms with van der Waals surface area (Å²) in [5.74, 6) is -0.390. The normalized spacial score (nSPS) is 15.2. The molecule has 2 amide bonds. The Morgan fingerprint density at radius 3 is 2.73 bits per heavy atom. The summed E-state index contributed by atoms with van der Waals surface area (Å²) < 4.78 is 41.6. The monoisotopic (exact) mass is 421 g/mol. The third kappa shape index (κ3) is 5.28. The maximum Gasteiger partial charge on any atom is 0.422 e. The lowest BCUT2D eigenvalue weighted by Crippen LogP contribution is -2.28. The van der Waals surface area contributed by atoms with Crippen LogP contribution in [0.1, 0.15) is 47.3 Å². The minimum absolute atomic E-state index is 0.0373. The van der Waals surface area contributed by atoms with Gasteiger partial charge in [-0.1, -0.05) is 6.07 Å². The predicted molar refractivity (Wildman–Crippen MR) is 104 cm³/mol. The Morgan fingerprint density at radius 2 is 2.10 bits per heavy atom. The number of alkyl halides is 3. The van der Waals surface area contributed by atoms with Crippen LogP contribution in [0.15, 0.2) is 36.5 Å². The van der Waals surface area contributed by atoms with Gasteiger partial charge in [-0.25, -0.2) is 4.98 Å². The van der Waals surface area contributed by atoms with Crippen LogP contribution in [-0.4, -0.2) is 36.1 Å². The number of aryl methyl sites for hydroxylation is 1. The van der Waals surface area contributed by atoms with Gasteiger partial charge in [0.2, 0.25) is 11.8 Å². The van der Waals surface area contributed by atoms with Crippen LogP contribution < -0.4 is 15.0 Å². The number of anilines is 1. The van der Waals surface area contributed by atoms with Crippen LogP contribution in [0.2, 0.25) is 0 Å². The number of nitrogens with one attached hydrogen (secondary N) is 1. The molecule has 0 radical (unpaired) electrons. The summed E-state index contributed by atoms with van der Waals surface area (Å²) in [6, 6.07) is 8.03. The Labute approximate surface area is 172 Å². The van der Waals surface area contributed by atoms with E-state index in [4.69, 9.17) is 4.74 Å². The van der Waals surface area contributed by atoms with Gasteiger partial charge in [0.25, 0.3) is 5.91 Å². The summed E-state index contributed by atoms with van der Waals surface area (Å²) in [6.45, 7) is 2.56. The van der Waals surface area contributed by atoms with Crippen LogP contribution in [-0.2, 0) is 4.79 Å². The highest BCUT2D eigenvalue weighted by Gasteiger charge is 2.29. The maximum absolute atomic E-state index is 12.7. The van der Waals surface area contributed by atoms with Crippen molar-refractivity contribution in [2.45, 2.75) is 38.9 Å². The molecular weight excluding hydrogens is 399 g/mol. The summed E-state index contributed by atoms with van der Waals surface area (Å²) in [5, 5.41) is 2.84.